The summed E-state index contributed by atoms with van der Waals surface area (Å²) in [7, 11) is -1.34. The summed E-state index contributed by atoms with van der Waals surface area (Å²) < 4.78 is 37.1. The van der Waals surface area contributed by atoms with Crippen LogP contribution in [0.5, 0.6) is 5.75 Å². The zero-order valence-electron chi connectivity index (χ0n) is 18.3. The molecule has 1 aliphatic heterocycles. The molecule has 1 aromatic heterocycles. The minimum atomic E-state index is -1.34. The molecule has 1 saturated heterocycles. The van der Waals surface area contributed by atoms with Gasteiger partial charge in [0, 0.05) is 31.2 Å². The highest BCUT2D eigenvalue weighted by Crippen LogP contribution is 2.52. The van der Waals surface area contributed by atoms with Crippen molar-refractivity contribution >= 4 is 16.8 Å². The minimum absolute atomic E-state index is 0.224. The standard InChI is InChI=1S/C24H26FN3O3S/c1-14(2)23-26-24(31-27-23)28-11-18-19(12-28)20(18)13-30-17-7-4-15(5-8-17)16-6-9-22(32(3)29)21(25)10-16/h4-10,14,18-20H,11-13H2,1-3H3/t18-,19?,20?,32?/m1/s1. The summed E-state index contributed by atoms with van der Waals surface area (Å²) in [5, 5.41) is 4.05. The summed E-state index contributed by atoms with van der Waals surface area (Å²) in [4.78, 5) is 6.90. The Bertz CT molecular complexity index is 1140. The van der Waals surface area contributed by atoms with Gasteiger partial charge in [0.1, 0.15) is 11.6 Å². The van der Waals surface area contributed by atoms with Crippen molar-refractivity contribution in [1.29, 1.82) is 0 Å². The number of aromatic nitrogens is 2. The first-order valence-electron chi connectivity index (χ1n) is 10.9. The number of nitrogens with zero attached hydrogens (tertiary/aromatic N) is 3. The second-order valence-electron chi connectivity index (χ2n) is 8.92. The molecular weight excluding hydrogens is 429 g/mol. The second kappa shape index (κ2) is 8.31. The minimum Gasteiger partial charge on any atom is -0.493 e. The lowest BCUT2D eigenvalue weighted by atomic mass is 10.1. The van der Waals surface area contributed by atoms with Crippen molar-refractivity contribution in [2.24, 2.45) is 17.8 Å². The van der Waals surface area contributed by atoms with E-state index >= 15 is 0 Å². The van der Waals surface area contributed by atoms with Crippen LogP contribution >= 0.6 is 0 Å². The first-order chi connectivity index (χ1) is 15.4. The fraction of sp³-hybridized carbons (Fsp3) is 0.417. The van der Waals surface area contributed by atoms with Crippen LogP contribution < -0.4 is 9.64 Å². The molecule has 1 saturated carbocycles. The highest BCUT2D eigenvalue weighted by atomic mass is 32.2. The topological polar surface area (TPSA) is 68.5 Å². The Morgan fingerprint density at radius 1 is 1.16 bits per heavy atom. The summed E-state index contributed by atoms with van der Waals surface area (Å²) >= 11 is 0. The van der Waals surface area contributed by atoms with Crippen LogP contribution in [0, 0.1) is 23.6 Å². The quantitative estimate of drug-likeness (QED) is 0.523. The maximum atomic E-state index is 14.1. The zero-order valence-corrected chi connectivity index (χ0v) is 19.1. The molecule has 0 radical (unpaired) electrons. The highest BCUT2D eigenvalue weighted by molar-refractivity contribution is 7.84. The Hall–Kier alpha value is -2.74. The number of hydrogen-bond donors (Lipinski definition) is 0. The molecule has 0 N–H and O–H groups in total. The van der Waals surface area contributed by atoms with Crippen LogP contribution in [-0.2, 0) is 10.8 Å². The maximum Gasteiger partial charge on any atom is 0.324 e. The fourth-order valence-corrected chi connectivity index (χ4v) is 5.08. The second-order valence-corrected chi connectivity index (χ2v) is 10.3. The van der Waals surface area contributed by atoms with Gasteiger partial charge in [0.25, 0.3) is 0 Å². The molecule has 6 nitrogen and oxygen atoms in total. The predicted molar refractivity (Wildman–Crippen MR) is 121 cm³/mol. The molecule has 2 fully saturated rings. The van der Waals surface area contributed by atoms with Gasteiger partial charge in [0.15, 0.2) is 5.82 Å². The molecule has 3 aromatic rings. The SMILES string of the molecule is CC(C)c1noc(N2CC3C(COc4ccc(-c5ccc(S(C)=O)c(F)c5)cc4)[C@@H]3C2)n1. The number of ether oxygens (including phenoxy) is 1. The van der Waals surface area contributed by atoms with E-state index in [0.717, 1.165) is 35.8 Å². The van der Waals surface area contributed by atoms with E-state index in [-0.39, 0.29) is 10.8 Å². The van der Waals surface area contributed by atoms with E-state index in [0.29, 0.717) is 30.4 Å². The number of anilines is 1. The molecule has 1 aliphatic carbocycles. The van der Waals surface area contributed by atoms with Crippen molar-refractivity contribution in [3.8, 4) is 16.9 Å². The molecule has 4 atom stereocenters. The highest BCUT2D eigenvalue weighted by Gasteiger charge is 2.56. The molecule has 32 heavy (non-hydrogen) atoms. The van der Waals surface area contributed by atoms with E-state index in [2.05, 4.69) is 28.9 Å². The molecule has 2 aromatic carbocycles. The summed E-state index contributed by atoms with van der Waals surface area (Å²) in [6.07, 6.45) is 1.48. The zero-order chi connectivity index (χ0) is 22.4. The van der Waals surface area contributed by atoms with E-state index in [4.69, 9.17) is 9.26 Å². The van der Waals surface area contributed by atoms with Crippen molar-refractivity contribution in [2.45, 2.75) is 24.7 Å². The third-order valence-electron chi connectivity index (χ3n) is 6.46. The van der Waals surface area contributed by atoms with Crippen molar-refractivity contribution in [1.82, 2.24) is 10.1 Å². The van der Waals surface area contributed by atoms with Crippen molar-refractivity contribution < 1.29 is 17.9 Å². The summed E-state index contributed by atoms with van der Waals surface area (Å²) in [6, 6.07) is 13.1. The Morgan fingerprint density at radius 2 is 1.84 bits per heavy atom. The van der Waals surface area contributed by atoms with Crippen LogP contribution in [0.1, 0.15) is 25.6 Å². The third kappa shape index (κ3) is 4.03. The Labute approximate surface area is 189 Å². The van der Waals surface area contributed by atoms with Gasteiger partial charge in [0.05, 0.1) is 22.3 Å². The number of fused-ring (bicyclic) bond motifs is 1. The van der Waals surface area contributed by atoms with Crippen LogP contribution in [0.15, 0.2) is 51.9 Å². The third-order valence-corrected chi connectivity index (χ3v) is 7.41. The number of piperidine rings is 1. The normalized spacial score (nSPS) is 22.8. The van der Waals surface area contributed by atoms with Crippen LogP contribution in [0.25, 0.3) is 11.1 Å². The largest absolute Gasteiger partial charge is 0.493 e. The first-order valence-corrected chi connectivity index (χ1v) is 12.4. The molecule has 2 heterocycles. The van der Waals surface area contributed by atoms with Gasteiger partial charge in [0.2, 0.25) is 0 Å². The lowest BCUT2D eigenvalue weighted by Gasteiger charge is -2.17. The van der Waals surface area contributed by atoms with Gasteiger partial charge in [-0.05, 0) is 47.2 Å². The molecular formula is C24H26FN3O3S. The van der Waals surface area contributed by atoms with Gasteiger partial charge in [-0.25, -0.2) is 4.39 Å². The monoisotopic (exact) mass is 455 g/mol. The summed E-state index contributed by atoms with van der Waals surface area (Å²) in [5.41, 5.74) is 1.64. The molecule has 0 bridgehead atoms. The lowest BCUT2D eigenvalue weighted by Crippen LogP contribution is -2.25. The van der Waals surface area contributed by atoms with Gasteiger partial charge in [-0.2, -0.15) is 4.98 Å². The molecule has 0 amide bonds. The molecule has 3 unspecified atom stereocenters. The lowest BCUT2D eigenvalue weighted by molar-refractivity contribution is 0.282. The average molecular weight is 456 g/mol. The van der Waals surface area contributed by atoms with E-state index in [1.54, 1.807) is 12.1 Å². The van der Waals surface area contributed by atoms with Gasteiger partial charge in [-0.1, -0.05) is 37.2 Å². The van der Waals surface area contributed by atoms with Crippen molar-refractivity contribution in [3.63, 3.8) is 0 Å². The van der Waals surface area contributed by atoms with E-state index in [1.807, 2.05) is 24.3 Å². The maximum absolute atomic E-state index is 14.1. The number of rotatable bonds is 7. The molecule has 0 spiro atoms. The van der Waals surface area contributed by atoms with Crippen LogP contribution in [0.3, 0.4) is 0 Å². The van der Waals surface area contributed by atoms with E-state index in [1.165, 1.54) is 12.3 Å². The molecule has 8 heteroatoms. The first kappa shape index (κ1) is 21.1. The Kier molecular flexibility index (Phi) is 5.49. The molecule has 5 rings (SSSR count). The van der Waals surface area contributed by atoms with Crippen LogP contribution in [0.4, 0.5) is 10.4 Å². The van der Waals surface area contributed by atoms with Gasteiger partial charge < -0.3 is 14.2 Å². The van der Waals surface area contributed by atoms with Gasteiger partial charge >= 0.3 is 6.01 Å². The smallest absolute Gasteiger partial charge is 0.324 e. The van der Waals surface area contributed by atoms with E-state index < -0.39 is 16.6 Å². The number of halogens is 1. The van der Waals surface area contributed by atoms with Gasteiger partial charge in [-0.3, -0.25) is 4.21 Å². The number of benzene rings is 2. The van der Waals surface area contributed by atoms with Crippen molar-refractivity contribution in [3.05, 3.63) is 54.1 Å². The predicted octanol–water partition coefficient (Wildman–Crippen LogP) is 4.50. The fourth-order valence-electron chi connectivity index (χ4n) is 4.49. The molecule has 2 aliphatic rings. The summed E-state index contributed by atoms with van der Waals surface area (Å²) in [6.45, 7) is 6.66. The van der Waals surface area contributed by atoms with Crippen LogP contribution in [0.2, 0.25) is 0 Å². The van der Waals surface area contributed by atoms with E-state index in [9.17, 15) is 8.60 Å². The number of hydrogen-bond acceptors (Lipinski definition) is 6. The van der Waals surface area contributed by atoms with Gasteiger partial charge in [-0.15, -0.1) is 0 Å². The van der Waals surface area contributed by atoms with Crippen LogP contribution in [-0.4, -0.2) is 40.3 Å². The summed E-state index contributed by atoms with van der Waals surface area (Å²) in [5.74, 6) is 3.14. The Morgan fingerprint density at radius 3 is 2.44 bits per heavy atom. The average Bonchev–Trinajstić information content (AvgIpc) is 3.16. The Balaban J connectivity index is 1.14. The molecule has 168 valence electrons. The van der Waals surface area contributed by atoms with Crippen molar-refractivity contribution in [2.75, 3.05) is 30.9 Å².